The van der Waals surface area contributed by atoms with Crippen LogP contribution in [-0.4, -0.2) is 25.2 Å². The number of carbonyl (C=O) groups is 2. The Hall–Kier alpha value is -1.06. The van der Waals surface area contributed by atoms with Gasteiger partial charge in [0.15, 0.2) is 5.92 Å². The molecule has 1 fully saturated rings. The molecule has 4 heteroatoms. The van der Waals surface area contributed by atoms with Gasteiger partial charge in [-0.15, -0.1) is 0 Å². The molecule has 0 aromatic rings. The zero-order valence-corrected chi connectivity index (χ0v) is 18.8. The topological polar surface area (TPSA) is 52.6 Å². The average Bonchev–Trinajstić information content (AvgIpc) is 3.22. The van der Waals surface area contributed by atoms with Crippen LogP contribution in [0.15, 0.2) is 0 Å². The monoisotopic (exact) mass is 396 g/mol. The second-order valence-electron chi connectivity index (χ2n) is 8.62. The van der Waals surface area contributed by atoms with E-state index in [2.05, 4.69) is 27.7 Å². The van der Waals surface area contributed by atoms with Crippen molar-refractivity contribution in [2.75, 3.05) is 13.2 Å². The van der Waals surface area contributed by atoms with E-state index in [9.17, 15) is 9.59 Å². The first-order valence-corrected chi connectivity index (χ1v) is 11.9. The van der Waals surface area contributed by atoms with Crippen molar-refractivity contribution < 1.29 is 19.1 Å². The molecule has 1 aliphatic rings. The minimum Gasteiger partial charge on any atom is -0.465 e. The molecular weight excluding hydrogens is 352 g/mol. The molecule has 2 atom stereocenters. The molecule has 0 amide bonds. The van der Waals surface area contributed by atoms with Gasteiger partial charge < -0.3 is 9.47 Å². The van der Waals surface area contributed by atoms with Gasteiger partial charge >= 0.3 is 11.9 Å². The molecule has 0 spiro atoms. The number of hydrogen-bond donors (Lipinski definition) is 0. The number of hydrogen-bond acceptors (Lipinski definition) is 4. The maximum atomic E-state index is 12.8. The second-order valence-corrected chi connectivity index (χ2v) is 8.62. The minimum atomic E-state index is -0.727. The Morgan fingerprint density at radius 2 is 1.21 bits per heavy atom. The van der Waals surface area contributed by atoms with Gasteiger partial charge in [-0.05, 0) is 43.4 Å². The van der Waals surface area contributed by atoms with Gasteiger partial charge in [-0.25, -0.2) is 0 Å². The molecule has 2 unspecified atom stereocenters. The van der Waals surface area contributed by atoms with Crippen LogP contribution in [0.25, 0.3) is 0 Å². The highest BCUT2D eigenvalue weighted by molar-refractivity contribution is 5.95. The van der Waals surface area contributed by atoms with Gasteiger partial charge in [-0.2, -0.15) is 0 Å². The van der Waals surface area contributed by atoms with Gasteiger partial charge in [0.1, 0.15) is 0 Å². The SMILES string of the molecule is CCCCC(CC)COC(=O)C(C(=O)OCC(CC)CCCC)C1CCCC1. The van der Waals surface area contributed by atoms with Crippen molar-refractivity contribution in [1.29, 1.82) is 0 Å². The molecule has 0 radical (unpaired) electrons. The summed E-state index contributed by atoms with van der Waals surface area (Å²) in [5.41, 5.74) is 0. The van der Waals surface area contributed by atoms with E-state index >= 15 is 0 Å². The van der Waals surface area contributed by atoms with Crippen LogP contribution >= 0.6 is 0 Å². The Balaban J connectivity index is 2.63. The van der Waals surface area contributed by atoms with Crippen molar-refractivity contribution in [2.45, 2.75) is 105 Å². The van der Waals surface area contributed by atoms with E-state index in [-0.39, 0.29) is 17.9 Å². The van der Waals surface area contributed by atoms with Gasteiger partial charge in [0.25, 0.3) is 0 Å². The molecule has 1 rings (SSSR count). The fraction of sp³-hybridized carbons (Fsp3) is 0.917. The zero-order valence-electron chi connectivity index (χ0n) is 18.8. The number of rotatable bonds is 15. The standard InChI is InChI=1S/C24H44O4/c1-5-9-13-19(7-3)17-27-23(25)22(21-15-11-12-16-21)24(26)28-18-20(8-4)14-10-6-2/h19-22H,5-18H2,1-4H3. The van der Waals surface area contributed by atoms with Crippen molar-refractivity contribution in [3.63, 3.8) is 0 Å². The molecule has 0 aromatic heterocycles. The summed E-state index contributed by atoms with van der Waals surface area (Å²) in [6, 6.07) is 0. The molecule has 28 heavy (non-hydrogen) atoms. The highest BCUT2D eigenvalue weighted by Crippen LogP contribution is 2.33. The Morgan fingerprint density at radius 1 is 0.786 bits per heavy atom. The molecule has 164 valence electrons. The Bertz CT molecular complexity index is 396. The first kappa shape index (κ1) is 25.0. The molecule has 0 heterocycles. The summed E-state index contributed by atoms with van der Waals surface area (Å²) in [6.07, 6.45) is 12.8. The maximum Gasteiger partial charge on any atom is 0.320 e. The molecule has 0 aromatic carbocycles. The molecule has 0 saturated heterocycles. The normalized spacial score (nSPS) is 17.9. The van der Waals surface area contributed by atoms with E-state index in [4.69, 9.17) is 9.47 Å². The average molecular weight is 397 g/mol. The summed E-state index contributed by atoms with van der Waals surface area (Å²) < 4.78 is 11.3. The highest BCUT2D eigenvalue weighted by Gasteiger charge is 2.39. The molecule has 4 nitrogen and oxygen atoms in total. The van der Waals surface area contributed by atoms with Crippen molar-refractivity contribution in [3.8, 4) is 0 Å². The van der Waals surface area contributed by atoms with E-state index in [1.165, 1.54) is 0 Å². The van der Waals surface area contributed by atoms with Gasteiger partial charge in [0.05, 0.1) is 13.2 Å². The summed E-state index contributed by atoms with van der Waals surface area (Å²) in [5, 5.41) is 0. The van der Waals surface area contributed by atoms with Crippen LogP contribution in [0.2, 0.25) is 0 Å². The Morgan fingerprint density at radius 3 is 1.57 bits per heavy atom. The lowest BCUT2D eigenvalue weighted by molar-refractivity contribution is -0.166. The van der Waals surface area contributed by atoms with E-state index in [0.29, 0.717) is 25.0 Å². The highest BCUT2D eigenvalue weighted by atomic mass is 16.6. The van der Waals surface area contributed by atoms with Crippen LogP contribution in [0, 0.1) is 23.7 Å². The van der Waals surface area contributed by atoms with Gasteiger partial charge in [-0.1, -0.05) is 79.1 Å². The first-order chi connectivity index (χ1) is 13.6. The summed E-state index contributed by atoms with van der Waals surface area (Å²) >= 11 is 0. The lowest BCUT2D eigenvalue weighted by Crippen LogP contribution is -2.35. The van der Waals surface area contributed by atoms with E-state index < -0.39 is 5.92 Å². The Labute approximate surface area is 173 Å². The van der Waals surface area contributed by atoms with Crippen molar-refractivity contribution >= 4 is 11.9 Å². The lowest BCUT2D eigenvalue weighted by atomic mass is 9.90. The third kappa shape index (κ3) is 8.96. The number of esters is 2. The molecule has 1 saturated carbocycles. The van der Waals surface area contributed by atoms with E-state index in [1.54, 1.807) is 0 Å². The molecule has 1 aliphatic carbocycles. The van der Waals surface area contributed by atoms with Crippen LogP contribution in [-0.2, 0) is 19.1 Å². The summed E-state index contributed by atoms with van der Waals surface area (Å²) in [6.45, 7) is 9.49. The predicted molar refractivity (Wildman–Crippen MR) is 114 cm³/mol. The van der Waals surface area contributed by atoms with Crippen molar-refractivity contribution in [1.82, 2.24) is 0 Å². The second kappa shape index (κ2) is 14.9. The van der Waals surface area contributed by atoms with Crippen LogP contribution in [0.5, 0.6) is 0 Å². The largest absolute Gasteiger partial charge is 0.465 e. The van der Waals surface area contributed by atoms with Crippen LogP contribution in [0.1, 0.15) is 105 Å². The summed E-state index contributed by atoms with van der Waals surface area (Å²) in [4.78, 5) is 25.7. The first-order valence-electron chi connectivity index (χ1n) is 11.9. The molecular formula is C24H44O4. The fourth-order valence-electron chi connectivity index (χ4n) is 4.15. The van der Waals surface area contributed by atoms with E-state index in [0.717, 1.165) is 77.0 Å². The maximum absolute atomic E-state index is 12.8. The quantitative estimate of drug-likeness (QED) is 0.240. The number of carbonyl (C=O) groups excluding carboxylic acids is 2. The summed E-state index contributed by atoms with van der Waals surface area (Å²) in [5.74, 6) is -0.562. The van der Waals surface area contributed by atoms with Crippen LogP contribution in [0.3, 0.4) is 0 Å². The van der Waals surface area contributed by atoms with Gasteiger partial charge in [0, 0.05) is 0 Å². The summed E-state index contributed by atoms with van der Waals surface area (Å²) in [7, 11) is 0. The van der Waals surface area contributed by atoms with Gasteiger partial charge in [0.2, 0.25) is 0 Å². The van der Waals surface area contributed by atoms with Gasteiger partial charge in [-0.3, -0.25) is 9.59 Å². The smallest absolute Gasteiger partial charge is 0.320 e. The number of unbranched alkanes of at least 4 members (excludes halogenated alkanes) is 2. The number of ether oxygens (including phenoxy) is 2. The fourth-order valence-corrected chi connectivity index (χ4v) is 4.15. The third-order valence-electron chi connectivity index (χ3n) is 6.39. The Kier molecular flexibility index (Phi) is 13.3. The molecule has 0 N–H and O–H groups in total. The molecule has 0 aliphatic heterocycles. The van der Waals surface area contributed by atoms with Crippen LogP contribution in [0.4, 0.5) is 0 Å². The van der Waals surface area contributed by atoms with E-state index in [1.807, 2.05) is 0 Å². The third-order valence-corrected chi connectivity index (χ3v) is 6.39. The molecule has 0 bridgehead atoms. The minimum absolute atomic E-state index is 0.0893. The lowest BCUT2D eigenvalue weighted by Gasteiger charge is -2.23. The van der Waals surface area contributed by atoms with Crippen molar-refractivity contribution in [3.05, 3.63) is 0 Å². The predicted octanol–water partition coefficient (Wildman–Crippen LogP) is 6.31. The van der Waals surface area contributed by atoms with Crippen LogP contribution < -0.4 is 0 Å². The zero-order chi connectivity index (χ0) is 20.8. The van der Waals surface area contributed by atoms with Crippen molar-refractivity contribution in [2.24, 2.45) is 23.7 Å².